The van der Waals surface area contributed by atoms with E-state index in [0.717, 1.165) is 29.9 Å². The van der Waals surface area contributed by atoms with Crippen molar-refractivity contribution in [1.82, 2.24) is 5.32 Å². The van der Waals surface area contributed by atoms with Crippen molar-refractivity contribution in [1.29, 1.82) is 0 Å². The number of piperidine rings is 1. The molecule has 2 rings (SSSR count). The van der Waals surface area contributed by atoms with E-state index in [4.69, 9.17) is 4.74 Å². The monoisotopic (exact) mass is 361 g/mol. The largest absolute Gasteiger partial charge is 0.492 e. The third kappa shape index (κ3) is 4.94. The quantitative estimate of drug-likeness (QED) is 0.852. The summed E-state index contributed by atoms with van der Waals surface area (Å²) in [6.07, 6.45) is 2.44. The molecule has 2 nitrogen and oxygen atoms in total. The van der Waals surface area contributed by atoms with Gasteiger partial charge in [-0.3, -0.25) is 0 Å². The SMILES string of the molecule is CC(C)(C)c1ccc(OCC2CCNCC2)c(Br)c1.Cl. The van der Waals surface area contributed by atoms with Crippen molar-refractivity contribution in [2.24, 2.45) is 5.92 Å². The van der Waals surface area contributed by atoms with E-state index in [0.29, 0.717) is 5.92 Å². The molecule has 1 saturated heterocycles. The highest BCUT2D eigenvalue weighted by Crippen LogP contribution is 2.32. The van der Waals surface area contributed by atoms with Gasteiger partial charge in [-0.15, -0.1) is 12.4 Å². The Morgan fingerprint density at radius 1 is 1.25 bits per heavy atom. The van der Waals surface area contributed by atoms with Crippen LogP contribution in [0.5, 0.6) is 5.75 Å². The first-order valence-electron chi connectivity index (χ1n) is 7.10. The van der Waals surface area contributed by atoms with Crippen LogP contribution in [0.25, 0.3) is 0 Å². The molecular formula is C16H25BrClNO. The molecule has 0 radical (unpaired) electrons. The van der Waals surface area contributed by atoms with E-state index in [-0.39, 0.29) is 17.8 Å². The highest BCUT2D eigenvalue weighted by atomic mass is 79.9. The summed E-state index contributed by atoms with van der Waals surface area (Å²) in [7, 11) is 0. The van der Waals surface area contributed by atoms with Gasteiger partial charge in [0.15, 0.2) is 0 Å². The second-order valence-electron chi connectivity index (χ2n) is 6.40. The molecule has 1 fully saturated rings. The second-order valence-corrected chi connectivity index (χ2v) is 7.25. The molecular weight excluding hydrogens is 338 g/mol. The Labute approximate surface area is 137 Å². The molecule has 1 aliphatic heterocycles. The lowest BCUT2D eigenvalue weighted by atomic mass is 9.87. The zero-order valence-electron chi connectivity index (χ0n) is 12.5. The van der Waals surface area contributed by atoms with E-state index in [1.807, 2.05) is 0 Å². The minimum Gasteiger partial charge on any atom is -0.492 e. The molecule has 4 heteroatoms. The summed E-state index contributed by atoms with van der Waals surface area (Å²) in [5.41, 5.74) is 1.50. The van der Waals surface area contributed by atoms with Crippen molar-refractivity contribution >= 4 is 28.3 Å². The van der Waals surface area contributed by atoms with Gasteiger partial charge in [-0.2, -0.15) is 0 Å². The van der Waals surface area contributed by atoms with Gasteiger partial charge in [0.2, 0.25) is 0 Å². The topological polar surface area (TPSA) is 21.3 Å². The van der Waals surface area contributed by atoms with Crippen molar-refractivity contribution in [3.63, 3.8) is 0 Å². The van der Waals surface area contributed by atoms with E-state index in [1.54, 1.807) is 0 Å². The molecule has 0 aliphatic carbocycles. The molecule has 0 bridgehead atoms. The predicted octanol–water partition coefficient (Wildman–Crippen LogP) is 4.55. The fourth-order valence-electron chi connectivity index (χ4n) is 2.34. The zero-order chi connectivity index (χ0) is 13.9. The van der Waals surface area contributed by atoms with Gasteiger partial charge in [0.05, 0.1) is 11.1 Å². The molecule has 1 N–H and O–H groups in total. The first-order valence-corrected chi connectivity index (χ1v) is 7.89. The molecule has 1 aromatic carbocycles. The van der Waals surface area contributed by atoms with Crippen molar-refractivity contribution in [3.05, 3.63) is 28.2 Å². The third-order valence-electron chi connectivity index (χ3n) is 3.73. The Morgan fingerprint density at radius 2 is 1.90 bits per heavy atom. The normalized spacial score (nSPS) is 16.6. The second kappa shape index (κ2) is 7.67. The highest BCUT2D eigenvalue weighted by Gasteiger charge is 2.17. The smallest absolute Gasteiger partial charge is 0.133 e. The van der Waals surface area contributed by atoms with Crippen LogP contribution in [0.3, 0.4) is 0 Å². The van der Waals surface area contributed by atoms with Gasteiger partial charge in [0.1, 0.15) is 5.75 Å². The lowest BCUT2D eigenvalue weighted by molar-refractivity contribution is 0.214. The first kappa shape index (κ1) is 17.8. The number of halogens is 2. The Kier molecular flexibility index (Phi) is 6.83. The number of ether oxygens (including phenoxy) is 1. The Balaban J connectivity index is 0.00000200. The van der Waals surface area contributed by atoms with Crippen molar-refractivity contribution in [2.45, 2.75) is 39.0 Å². The Morgan fingerprint density at radius 3 is 2.45 bits per heavy atom. The zero-order valence-corrected chi connectivity index (χ0v) is 14.9. The molecule has 0 atom stereocenters. The van der Waals surface area contributed by atoms with E-state index < -0.39 is 0 Å². The van der Waals surface area contributed by atoms with Gasteiger partial charge in [-0.25, -0.2) is 0 Å². The van der Waals surface area contributed by atoms with E-state index >= 15 is 0 Å². The maximum absolute atomic E-state index is 5.97. The molecule has 0 spiro atoms. The number of nitrogens with one attached hydrogen (secondary N) is 1. The van der Waals surface area contributed by atoms with Crippen LogP contribution in [0, 0.1) is 5.92 Å². The van der Waals surface area contributed by atoms with Crippen molar-refractivity contribution in [3.8, 4) is 5.75 Å². The molecule has 1 aliphatic rings. The van der Waals surface area contributed by atoms with Gasteiger partial charge in [-0.1, -0.05) is 26.8 Å². The van der Waals surface area contributed by atoms with Gasteiger partial charge >= 0.3 is 0 Å². The minimum atomic E-state index is 0. The lowest BCUT2D eigenvalue weighted by Gasteiger charge is -2.24. The number of rotatable bonds is 3. The summed E-state index contributed by atoms with van der Waals surface area (Å²) in [6, 6.07) is 6.44. The van der Waals surface area contributed by atoms with Crippen LogP contribution in [-0.4, -0.2) is 19.7 Å². The summed E-state index contributed by atoms with van der Waals surface area (Å²) in [4.78, 5) is 0. The van der Waals surface area contributed by atoms with Crippen LogP contribution in [0.1, 0.15) is 39.2 Å². The molecule has 20 heavy (non-hydrogen) atoms. The number of benzene rings is 1. The van der Waals surface area contributed by atoms with Crippen LogP contribution in [0.2, 0.25) is 0 Å². The van der Waals surface area contributed by atoms with Crippen LogP contribution in [-0.2, 0) is 5.41 Å². The summed E-state index contributed by atoms with van der Waals surface area (Å²) >= 11 is 3.63. The highest BCUT2D eigenvalue weighted by molar-refractivity contribution is 9.10. The Hall–Kier alpha value is -0.250. The Bertz CT molecular complexity index is 425. The first-order chi connectivity index (χ1) is 8.97. The molecule has 0 aromatic heterocycles. The average Bonchev–Trinajstić information content (AvgIpc) is 2.37. The number of hydrogen-bond acceptors (Lipinski definition) is 2. The van der Waals surface area contributed by atoms with Crippen LogP contribution < -0.4 is 10.1 Å². The van der Waals surface area contributed by atoms with Crippen molar-refractivity contribution < 1.29 is 4.74 Å². The van der Waals surface area contributed by atoms with Crippen LogP contribution in [0.4, 0.5) is 0 Å². The van der Waals surface area contributed by atoms with Gasteiger partial charge in [0, 0.05) is 0 Å². The third-order valence-corrected chi connectivity index (χ3v) is 4.35. The molecule has 1 heterocycles. The minimum absolute atomic E-state index is 0. The molecule has 114 valence electrons. The molecule has 0 unspecified atom stereocenters. The summed E-state index contributed by atoms with van der Waals surface area (Å²) in [5, 5.41) is 3.38. The fraction of sp³-hybridized carbons (Fsp3) is 0.625. The van der Waals surface area contributed by atoms with E-state index in [1.165, 1.54) is 18.4 Å². The fourth-order valence-corrected chi connectivity index (χ4v) is 2.83. The molecule has 0 saturated carbocycles. The van der Waals surface area contributed by atoms with E-state index in [9.17, 15) is 0 Å². The number of hydrogen-bond donors (Lipinski definition) is 1. The van der Waals surface area contributed by atoms with Crippen LogP contribution >= 0.6 is 28.3 Å². The van der Waals surface area contributed by atoms with Crippen LogP contribution in [0.15, 0.2) is 22.7 Å². The van der Waals surface area contributed by atoms with E-state index in [2.05, 4.69) is 60.2 Å². The van der Waals surface area contributed by atoms with Gasteiger partial charge < -0.3 is 10.1 Å². The lowest BCUT2D eigenvalue weighted by Crippen LogP contribution is -2.30. The van der Waals surface area contributed by atoms with Gasteiger partial charge in [0.25, 0.3) is 0 Å². The summed E-state index contributed by atoms with van der Waals surface area (Å²) in [6.45, 7) is 9.75. The predicted molar refractivity (Wildman–Crippen MR) is 91.2 cm³/mol. The molecule has 1 aromatic rings. The summed E-state index contributed by atoms with van der Waals surface area (Å²) in [5.74, 6) is 1.65. The standard InChI is InChI=1S/C16H24BrNO.ClH/c1-16(2,3)13-4-5-15(14(17)10-13)19-11-12-6-8-18-9-7-12;/h4-5,10,12,18H,6-9,11H2,1-3H3;1H. The maximum Gasteiger partial charge on any atom is 0.133 e. The van der Waals surface area contributed by atoms with Crippen molar-refractivity contribution in [2.75, 3.05) is 19.7 Å². The summed E-state index contributed by atoms with van der Waals surface area (Å²) < 4.78 is 7.03. The average molecular weight is 363 g/mol. The maximum atomic E-state index is 5.97. The van der Waals surface area contributed by atoms with Gasteiger partial charge in [-0.05, 0) is 70.9 Å². The molecule has 0 amide bonds.